The van der Waals surface area contributed by atoms with Crippen molar-refractivity contribution in [3.05, 3.63) is 29.8 Å². The van der Waals surface area contributed by atoms with Crippen molar-refractivity contribution in [2.45, 2.75) is 45.6 Å². The van der Waals surface area contributed by atoms with Gasteiger partial charge >= 0.3 is 0 Å². The van der Waals surface area contributed by atoms with Crippen LogP contribution in [0.15, 0.2) is 29.3 Å². The van der Waals surface area contributed by atoms with Gasteiger partial charge in [-0.1, -0.05) is 19.1 Å². The van der Waals surface area contributed by atoms with Crippen LogP contribution in [0.2, 0.25) is 0 Å². The number of guanidine groups is 1. The zero-order valence-electron chi connectivity index (χ0n) is 17.8. The van der Waals surface area contributed by atoms with E-state index in [1.807, 2.05) is 24.1 Å². The molecule has 0 bridgehead atoms. The number of anilines is 1. The Balaban J connectivity index is 0.00000300. The van der Waals surface area contributed by atoms with E-state index in [1.165, 1.54) is 31.5 Å². The second kappa shape index (κ2) is 12.4. The van der Waals surface area contributed by atoms with Crippen molar-refractivity contribution >= 4 is 41.5 Å². The molecule has 2 fully saturated rings. The van der Waals surface area contributed by atoms with E-state index in [1.54, 1.807) is 0 Å². The Labute approximate surface area is 192 Å². The van der Waals surface area contributed by atoms with E-state index in [9.17, 15) is 4.79 Å². The van der Waals surface area contributed by atoms with Gasteiger partial charge in [-0.25, -0.2) is 0 Å². The molecular weight excluding hydrogens is 477 g/mol. The van der Waals surface area contributed by atoms with Crippen LogP contribution in [0.25, 0.3) is 0 Å². The Hall–Kier alpha value is -1.35. The molecule has 2 saturated heterocycles. The van der Waals surface area contributed by atoms with Crippen molar-refractivity contribution < 1.29 is 4.79 Å². The number of halogens is 1. The predicted molar refractivity (Wildman–Crippen MR) is 131 cm³/mol. The molecular formula is C22H36IN5O. The lowest BCUT2D eigenvalue weighted by Gasteiger charge is -2.30. The molecule has 1 atom stereocenters. The molecule has 0 radical (unpaired) electrons. The highest BCUT2D eigenvalue weighted by Crippen LogP contribution is 2.21. The molecule has 1 aromatic rings. The second-order valence-electron chi connectivity index (χ2n) is 8.07. The van der Waals surface area contributed by atoms with Crippen LogP contribution in [0.3, 0.4) is 0 Å². The number of benzene rings is 1. The lowest BCUT2D eigenvalue weighted by Crippen LogP contribution is -2.39. The van der Waals surface area contributed by atoms with Gasteiger partial charge in [0.2, 0.25) is 5.91 Å². The van der Waals surface area contributed by atoms with Crippen LogP contribution >= 0.6 is 24.0 Å². The molecule has 29 heavy (non-hydrogen) atoms. The van der Waals surface area contributed by atoms with Gasteiger partial charge in [-0.2, -0.15) is 0 Å². The first-order valence-electron chi connectivity index (χ1n) is 10.7. The number of hydrogen-bond donors (Lipinski definition) is 2. The molecule has 1 amide bonds. The standard InChI is InChI=1S/C22H35N5O.HI/c1-18-6-3-13-26(17-18)14-5-12-24-22(23-2)25-16-19-8-10-20(11-9-19)27-15-4-7-21(27)28;/h8-11,18H,3-7,12-17H2,1-2H3,(H2,23,24,25);1H. The van der Waals surface area contributed by atoms with Crippen LogP contribution in [-0.4, -0.2) is 56.5 Å². The number of nitrogens with zero attached hydrogens (tertiary/aromatic N) is 3. The number of rotatable bonds is 7. The number of nitrogens with one attached hydrogen (secondary N) is 2. The van der Waals surface area contributed by atoms with E-state index in [-0.39, 0.29) is 29.9 Å². The van der Waals surface area contributed by atoms with E-state index in [0.29, 0.717) is 6.42 Å². The largest absolute Gasteiger partial charge is 0.356 e. The summed E-state index contributed by atoms with van der Waals surface area (Å²) in [5, 5.41) is 6.79. The minimum absolute atomic E-state index is 0. The second-order valence-corrected chi connectivity index (χ2v) is 8.07. The van der Waals surface area contributed by atoms with Crippen molar-refractivity contribution in [1.82, 2.24) is 15.5 Å². The summed E-state index contributed by atoms with van der Waals surface area (Å²) >= 11 is 0. The molecule has 2 N–H and O–H groups in total. The van der Waals surface area contributed by atoms with E-state index < -0.39 is 0 Å². The van der Waals surface area contributed by atoms with Gasteiger partial charge < -0.3 is 20.4 Å². The molecule has 3 rings (SSSR count). The summed E-state index contributed by atoms with van der Waals surface area (Å²) in [5.41, 5.74) is 2.18. The third-order valence-electron chi connectivity index (χ3n) is 5.69. The molecule has 7 heteroatoms. The molecule has 0 aromatic heterocycles. The Morgan fingerprint density at radius 1 is 1.17 bits per heavy atom. The molecule has 2 aliphatic heterocycles. The number of likely N-dealkylation sites (tertiary alicyclic amines) is 1. The summed E-state index contributed by atoms with van der Waals surface area (Å²) in [5.74, 6) is 1.91. The van der Waals surface area contributed by atoms with Crippen molar-refractivity contribution in [1.29, 1.82) is 0 Å². The fourth-order valence-corrected chi connectivity index (χ4v) is 4.12. The minimum Gasteiger partial charge on any atom is -0.356 e. The number of carbonyl (C=O) groups excluding carboxylic acids is 1. The Morgan fingerprint density at radius 3 is 2.62 bits per heavy atom. The number of amides is 1. The average Bonchev–Trinajstić information content (AvgIpc) is 3.14. The molecule has 2 heterocycles. The van der Waals surface area contributed by atoms with Gasteiger partial charge in [0.1, 0.15) is 0 Å². The molecule has 0 saturated carbocycles. The molecule has 0 aliphatic carbocycles. The van der Waals surface area contributed by atoms with Crippen LogP contribution in [0.1, 0.15) is 44.6 Å². The summed E-state index contributed by atoms with van der Waals surface area (Å²) in [4.78, 5) is 20.6. The lowest BCUT2D eigenvalue weighted by molar-refractivity contribution is -0.117. The van der Waals surface area contributed by atoms with Crippen molar-refractivity contribution in [3.63, 3.8) is 0 Å². The third-order valence-corrected chi connectivity index (χ3v) is 5.69. The third kappa shape index (κ3) is 7.44. The topological polar surface area (TPSA) is 60.0 Å². The molecule has 6 nitrogen and oxygen atoms in total. The van der Waals surface area contributed by atoms with Gasteiger partial charge in [-0.05, 0) is 62.4 Å². The first-order chi connectivity index (χ1) is 13.7. The van der Waals surface area contributed by atoms with Crippen LogP contribution in [0, 0.1) is 5.92 Å². The number of hydrogen-bond acceptors (Lipinski definition) is 3. The maximum absolute atomic E-state index is 11.8. The van der Waals surface area contributed by atoms with Gasteiger partial charge in [0.25, 0.3) is 0 Å². The summed E-state index contributed by atoms with van der Waals surface area (Å²) in [6, 6.07) is 8.24. The fourth-order valence-electron chi connectivity index (χ4n) is 4.12. The summed E-state index contributed by atoms with van der Waals surface area (Å²) in [6.45, 7) is 8.49. The first-order valence-corrected chi connectivity index (χ1v) is 10.7. The normalized spacial score (nSPS) is 20.5. The average molecular weight is 513 g/mol. The molecule has 0 spiro atoms. The van der Waals surface area contributed by atoms with E-state index in [2.05, 4.69) is 39.6 Å². The monoisotopic (exact) mass is 513 g/mol. The predicted octanol–water partition coefficient (Wildman–Crippen LogP) is 3.22. The number of piperidine rings is 1. The zero-order chi connectivity index (χ0) is 19.8. The molecule has 1 aromatic carbocycles. The quantitative estimate of drug-likeness (QED) is 0.255. The highest BCUT2D eigenvalue weighted by molar-refractivity contribution is 14.0. The summed E-state index contributed by atoms with van der Waals surface area (Å²) in [6.07, 6.45) is 5.47. The summed E-state index contributed by atoms with van der Waals surface area (Å²) < 4.78 is 0. The van der Waals surface area contributed by atoms with E-state index in [4.69, 9.17) is 0 Å². The summed E-state index contributed by atoms with van der Waals surface area (Å²) in [7, 11) is 1.81. The highest BCUT2D eigenvalue weighted by Gasteiger charge is 2.21. The van der Waals surface area contributed by atoms with Crippen LogP contribution in [0.4, 0.5) is 5.69 Å². The fraction of sp³-hybridized carbons (Fsp3) is 0.636. The van der Waals surface area contributed by atoms with Crippen LogP contribution < -0.4 is 15.5 Å². The Bertz CT molecular complexity index is 664. The van der Waals surface area contributed by atoms with Gasteiger partial charge in [0, 0.05) is 45.3 Å². The maximum Gasteiger partial charge on any atom is 0.227 e. The number of carbonyl (C=O) groups is 1. The van der Waals surface area contributed by atoms with Gasteiger partial charge in [-0.15, -0.1) is 24.0 Å². The first kappa shape index (κ1) is 23.9. The zero-order valence-corrected chi connectivity index (χ0v) is 20.2. The molecule has 1 unspecified atom stereocenters. The Kier molecular flexibility index (Phi) is 10.2. The lowest BCUT2D eigenvalue weighted by atomic mass is 10.0. The highest BCUT2D eigenvalue weighted by atomic mass is 127. The minimum atomic E-state index is 0. The van der Waals surface area contributed by atoms with E-state index >= 15 is 0 Å². The molecule has 2 aliphatic rings. The van der Waals surface area contributed by atoms with Gasteiger partial charge in [0.15, 0.2) is 5.96 Å². The van der Waals surface area contributed by atoms with Crippen LogP contribution in [0.5, 0.6) is 0 Å². The van der Waals surface area contributed by atoms with Gasteiger partial charge in [-0.3, -0.25) is 9.79 Å². The van der Waals surface area contributed by atoms with Gasteiger partial charge in [0.05, 0.1) is 0 Å². The Morgan fingerprint density at radius 2 is 1.97 bits per heavy atom. The molecule has 162 valence electrons. The van der Waals surface area contributed by atoms with Crippen molar-refractivity contribution in [2.75, 3.05) is 44.7 Å². The van der Waals surface area contributed by atoms with Crippen LogP contribution in [-0.2, 0) is 11.3 Å². The van der Waals surface area contributed by atoms with Crippen molar-refractivity contribution in [3.8, 4) is 0 Å². The SMILES string of the molecule is CN=C(NCCCN1CCCC(C)C1)NCc1ccc(N2CCCC2=O)cc1.I. The smallest absolute Gasteiger partial charge is 0.227 e. The van der Waals surface area contributed by atoms with Crippen molar-refractivity contribution in [2.24, 2.45) is 10.9 Å². The maximum atomic E-state index is 11.8. The number of aliphatic imine (C=N–C) groups is 1. The van der Waals surface area contributed by atoms with E-state index in [0.717, 1.165) is 56.6 Å².